The highest BCUT2D eigenvalue weighted by atomic mass is 19.1. The molecule has 7 heteroatoms. The Labute approximate surface area is 179 Å². The zero-order valence-electron chi connectivity index (χ0n) is 20.3. The van der Waals surface area contributed by atoms with E-state index in [1.165, 1.54) is 29.0 Å². The van der Waals surface area contributed by atoms with Gasteiger partial charge in [0.2, 0.25) is 0 Å². The van der Waals surface area contributed by atoms with E-state index < -0.39 is 24.3 Å². The lowest BCUT2D eigenvalue weighted by molar-refractivity contribution is 0.300. The van der Waals surface area contributed by atoms with Gasteiger partial charge in [-0.25, -0.2) is 4.39 Å². The molecule has 0 aliphatic carbocycles. The molecule has 2 aliphatic rings. The van der Waals surface area contributed by atoms with E-state index in [0.717, 1.165) is 23.5 Å². The number of nitrogens with zero attached hydrogens (tertiary/aromatic N) is 3. The van der Waals surface area contributed by atoms with Crippen molar-refractivity contribution in [3.8, 4) is 11.4 Å². The standard InChI is InChI=1S/C23H23FN4O2/c1-27-21-6-8-25-13-20(21)19-5-4-17(10-22(19)27)28-9-7-18(11-23(28)29)30-14-16-3-2-15(24)12-26-16/h2-5,7,9-12,20-21,25H,6,8,13-14H2,1H3/i6D2,14D2. The minimum atomic E-state index is -2.36. The molecule has 0 amide bonds. The van der Waals surface area contributed by atoms with Gasteiger partial charge in [-0.15, -0.1) is 0 Å². The van der Waals surface area contributed by atoms with Gasteiger partial charge in [0.15, 0.2) is 0 Å². The molecule has 1 N–H and O–H groups in total. The molecule has 0 saturated carbocycles. The Hall–Kier alpha value is -3.19. The van der Waals surface area contributed by atoms with Crippen LogP contribution in [0.4, 0.5) is 10.1 Å². The highest BCUT2D eigenvalue weighted by molar-refractivity contribution is 5.65. The van der Waals surface area contributed by atoms with Crippen LogP contribution >= 0.6 is 0 Å². The first-order valence-electron chi connectivity index (χ1n) is 11.7. The van der Waals surface area contributed by atoms with E-state index in [1.54, 1.807) is 0 Å². The first-order valence-corrected chi connectivity index (χ1v) is 9.68. The molecular formula is C23H23FN4O2. The van der Waals surface area contributed by atoms with E-state index in [1.807, 2.05) is 30.1 Å². The summed E-state index contributed by atoms with van der Waals surface area (Å²) in [6, 6.07) is 10.3. The number of pyridine rings is 2. The van der Waals surface area contributed by atoms with Gasteiger partial charge in [0.1, 0.15) is 18.1 Å². The van der Waals surface area contributed by atoms with E-state index in [0.29, 0.717) is 18.8 Å². The van der Waals surface area contributed by atoms with E-state index in [9.17, 15) is 9.18 Å². The van der Waals surface area contributed by atoms with Crippen molar-refractivity contribution in [2.24, 2.45) is 0 Å². The van der Waals surface area contributed by atoms with Crippen LogP contribution in [0.25, 0.3) is 5.69 Å². The summed E-state index contributed by atoms with van der Waals surface area (Å²) in [6.07, 6.45) is 1.01. The van der Waals surface area contributed by atoms with Gasteiger partial charge in [-0.3, -0.25) is 14.3 Å². The second-order valence-corrected chi connectivity index (χ2v) is 7.38. The van der Waals surface area contributed by atoms with Crippen molar-refractivity contribution >= 4 is 5.69 Å². The Morgan fingerprint density at radius 2 is 2.23 bits per heavy atom. The molecule has 1 fully saturated rings. The van der Waals surface area contributed by atoms with Crippen LogP contribution in [0, 0.1) is 5.82 Å². The summed E-state index contributed by atoms with van der Waals surface area (Å²) in [5.41, 5.74) is 2.00. The Kier molecular flexibility index (Phi) is 3.72. The van der Waals surface area contributed by atoms with Crippen LogP contribution < -0.4 is 20.5 Å². The number of fused-ring (bicyclic) bond motifs is 3. The quantitative estimate of drug-likeness (QED) is 0.717. The third-order valence-corrected chi connectivity index (χ3v) is 5.56. The molecule has 4 heterocycles. The first-order chi connectivity index (χ1) is 16.1. The number of rotatable bonds is 4. The number of nitrogens with one attached hydrogen (secondary N) is 1. The van der Waals surface area contributed by atoms with E-state index in [4.69, 9.17) is 10.2 Å². The second kappa shape index (κ2) is 7.57. The van der Waals surface area contributed by atoms with Crippen LogP contribution in [0.15, 0.2) is 59.7 Å². The predicted molar refractivity (Wildman–Crippen MR) is 113 cm³/mol. The predicted octanol–water partition coefficient (Wildman–Crippen LogP) is 2.85. The zero-order chi connectivity index (χ0) is 24.3. The van der Waals surface area contributed by atoms with Gasteiger partial charge in [0.25, 0.3) is 5.56 Å². The summed E-state index contributed by atoms with van der Waals surface area (Å²) in [6.45, 7) is -1.37. The average molecular weight is 410 g/mol. The number of ether oxygens (including phenoxy) is 1. The van der Waals surface area contributed by atoms with Crippen molar-refractivity contribution in [2.45, 2.75) is 24.9 Å². The second-order valence-electron chi connectivity index (χ2n) is 7.38. The summed E-state index contributed by atoms with van der Waals surface area (Å²) in [5, 5.41) is 3.18. The molecular weight excluding hydrogens is 383 g/mol. The average Bonchev–Trinajstić information content (AvgIpc) is 3.06. The van der Waals surface area contributed by atoms with E-state index >= 15 is 0 Å². The molecule has 2 aliphatic heterocycles. The number of hydrogen-bond donors (Lipinski definition) is 1. The van der Waals surface area contributed by atoms with Gasteiger partial charge in [0, 0.05) is 46.2 Å². The third kappa shape index (κ3) is 3.35. The molecule has 1 aromatic carbocycles. The lowest BCUT2D eigenvalue weighted by atomic mass is 9.90. The van der Waals surface area contributed by atoms with Crippen LogP contribution in [0.3, 0.4) is 0 Å². The first kappa shape index (κ1) is 14.7. The summed E-state index contributed by atoms with van der Waals surface area (Å²) in [7, 11) is 1.88. The summed E-state index contributed by atoms with van der Waals surface area (Å²) in [5.74, 6) is -0.553. The maximum atomic E-state index is 13.1. The number of benzene rings is 1. The number of anilines is 1. The van der Waals surface area contributed by atoms with Crippen molar-refractivity contribution in [1.82, 2.24) is 14.9 Å². The number of likely N-dealkylation sites (N-methyl/N-ethyl adjacent to an activating group) is 1. The molecule has 1 saturated heterocycles. The number of piperidine rings is 1. The minimum absolute atomic E-state index is 0.0148. The van der Waals surface area contributed by atoms with Gasteiger partial charge >= 0.3 is 0 Å². The Morgan fingerprint density at radius 3 is 3.03 bits per heavy atom. The fourth-order valence-corrected chi connectivity index (χ4v) is 4.08. The van der Waals surface area contributed by atoms with Gasteiger partial charge < -0.3 is 15.0 Å². The van der Waals surface area contributed by atoms with Gasteiger partial charge in [-0.2, -0.15) is 0 Å². The molecule has 5 rings (SSSR count). The molecule has 6 nitrogen and oxygen atoms in total. The Morgan fingerprint density at radius 1 is 1.33 bits per heavy atom. The van der Waals surface area contributed by atoms with Crippen LogP contribution in [0.5, 0.6) is 5.75 Å². The highest BCUT2D eigenvalue weighted by Crippen LogP contribution is 2.42. The molecule has 3 aromatic rings. The van der Waals surface area contributed by atoms with Crippen molar-refractivity contribution in [2.75, 3.05) is 25.0 Å². The van der Waals surface area contributed by atoms with E-state index in [-0.39, 0.29) is 23.4 Å². The summed E-state index contributed by atoms with van der Waals surface area (Å²) < 4.78 is 52.9. The summed E-state index contributed by atoms with van der Waals surface area (Å²) in [4.78, 5) is 18.5. The fraction of sp³-hybridized carbons (Fsp3) is 0.304. The number of hydrogen-bond acceptors (Lipinski definition) is 5. The van der Waals surface area contributed by atoms with E-state index in [2.05, 4.69) is 10.3 Å². The van der Waals surface area contributed by atoms with Crippen molar-refractivity contribution in [1.29, 1.82) is 0 Å². The molecule has 2 aromatic heterocycles. The van der Waals surface area contributed by atoms with Crippen LogP contribution in [0.1, 0.15) is 29.0 Å². The van der Waals surface area contributed by atoms with Gasteiger partial charge in [-0.05, 0) is 48.8 Å². The lowest BCUT2D eigenvalue weighted by Gasteiger charge is -2.31. The van der Waals surface area contributed by atoms with Gasteiger partial charge in [-0.1, -0.05) is 6.07 Å². The molecule has 2 atom stereocenters. The third-order valence-electron chi connectivity index (χ3n) is 5.56. The molecule has 154 valence electrons. The SMILES string of the molecule is [2H]C([2H])(Oc1ccn(-c2ccc3c(c2)N(C)C2C3CNCC2([2H])[2H])c(=O)c1)c1ccc(F)cn1. The van der Waals surface area contributed by atoms with Crippen LogP contribution in [-0.4, -0.2) is 35.7 Å². The summed E-state index contributed by atoms with van der Waals surface area (Å²) >= 11 is 0. The number of halogens is 1. The van der Waals surface area contributed by atoms with Gasteiger partial charge in [0.05, 0.1) is 20.3 Å². The topological polar surface area (TPSA) is 59.4 Å². The lowest BCUT2D eigenvalue weighted by Crippen LogP contribution is -2.42. The zero-order valence-corrected chi connectivity index (χ0v) is 16.3. The van der Waals surface area contributed by atoms with Crippen molar-refractivity contribution in [3.05, 3.63) is 82.3 Å². The Bertz CT molecular complexity index is 1300. The molecule has 0 spiro atoms. The van der Waals surface area contributed by atoms with Crippen LogP contribution in [-0.2, 0) is 6.56 Å². The smallest absolute Gasteiger partial charge is 0.258 e. The highest BCUT2D eigenvalue weighted by Gasteiger charge is 2.37. The monoisotopic (exact) mass is 410 g/mol. The number of aromatic nitrogens is 2. The Balaban J connectivity index is 1.43. The molecule has 0 bridgehead atoms. The normalized spacial score (nSPS) is 24.1. The molecule has 0 radical (unpaired) electrons. The fourth-order valence-electron chi connectivity index (χ4n) is 4.08. The van der Waals surface area contributed by atoms with Crippen molar-refractivity contribution in [3.63, 3.8) is 0 Å². The maximum absolute atomic E-state index is 13.1. The molecule has 30 heavy (non-hydrogen) atoms. The minimum Gasteiger partial charge on any atom is -0.487 e. The van der Waals surface area contributed by atoms with Crippen molar-refractivity contribution < 1.29 is 14.6 Å². The molecule has 2 unspecified atom stereocenters. The maximum Gasteiger partial charge on any atom is 0.258 e. The van der Waals surface area contributed by atoms with Crippen LogP contribution in [0.2, 0.25) is 0 Å². The largest absolute Gasteiger partial charge is 0.487 e.